The van der Waals surface area contributed by atoms with Crippen LogP contribution in [0.4, 0.5) is 13.2 Å². The van der Waals surface area contributed by atoms with Gasteiger partial charge in [0.2, 0.25) is 5.91 Å². The first-order valence-electron chi connectivity index (χ1n) is 6.60. The van der Waals surface area contributed by atoms with Gasteiger partial charge in [-0.25, -0.2) is 0 Å². The van der Waals surface area contributed by atoms with Gasteiger partial charge in [-0.05, 0) is 19.2 Å². The van der Waals surface area contributed by atoms with Crippen molar-refractivity contribution in [2.24, 2.45) is 0 Å². The van der Waals surface area contributed by atoms with Crippen LogP contribution in [0.1, 0.15) is 15.9 Å². The van der Waals surface area contributed by atoms with Crippen LogP contribution in [0.3, 0.4) is 0 Å². The van der Waals surface area contributed by atoms with Crippen molar-refractivity contribution in [1.29, 1.82) is 0 Å². The normalized spacial score (nSPS) is 10.7. The van der Waals surface area contributed by atoms with Crippen molar-refractivity contribution in [2.75, 3.05) is 33.7 Å². The van der Waals surface area contributed by atoms with Crippen LogP contribution in [0.15, 0.2) is 24.3 Å². The number of amides is 2. The molecule has 0 saturated heterocycles. The number of benzene rings is 1. The molecule has 0 aromatic heterocycles. The second-order valence-electron chi connectivity index (χ2n) is 4.64. The van der Waals surface area contributed by atoms with Crippen molar-refractivity contribution in [3.8, 4) is 0 Å². The standard InChI is InChI=1S/C14H18F3N3O2.ClH/c1-18-7-8-20(2)12(21)9-19-13(22)10-5-3-4-6-11(10)14(15,16)17;/h3-6,18H,7-9H2,1-2H3,(H,19,22);1H. The summed E-state index contributed by atoms with van der Waals surface area (Å²) in [5.74, 6) is -1.31. The van der Waals surface area contributed by atoms with E-state index in [1.807, 2.05) is 0 Å². The summed E-state index contributed by atoms with van der Waals surface area (Å²) in [5.41, 5.74) is -1.52. The molecule has 23 heavy (non-hydrogen) atoms. The Hall–Kier alpha value is -1.80. The summed E-state index contributed by atoms with van der Waals surface area (Å²) in [4.78, 5) is 25.0. The summed E-state index contributed by atoms with van der Waals surface area (Å²) >= 11 is 0. The molecule has 2 N–H and O–H groups in total. The molecule has 1 aromatic carbocycles. The average Bonchev–Trinajstić information content (AvgIpc) is 2.48. The van der Waals surface area contributed by atoms with E-state index in [1.165, 1.54) is 17.0 Å². The number of nitrogens with zero attached hydrogens (tertiary/aromatic N) is 1. The highest BCUT2D eigenvalue weighted by molar-refractivity contribution is 5.97. The average molecular weight is 354 g/mol. The first-order valence-corrected chi connectivity index (χ1v) is 6.60. The van der Waals surface area contributed by atoms with E-state index in [9.17, 15) is 22.8 Å². The summed E-state index contributed by atoms with van der Waals surface area (Å²) < 4.78 is 38.4. The van der Waals surface area contributed by atoms with Gasteiger partial charge in [-0.2, -0.15) is 13.2 Å². The molecule has 0 fully saturated rings. The van der Waals surface area contributed by atoms with Gasteiger partial charge in [0, 0.05) is 20.1 Å². The maximum absolute atomic E-state index is 12.8. The van der Waals surface area contributed by atoms with E-state index >= 15 is 0 Å². The highest BCUT2D eigenvalue weighted by atomic mass is 35.5. The Labute approximate surface area is 138 Å². The molecule has 130 valence electrons. The lowest BCUT2D eigenvalue weighted by atomic mass is 10.1. The monoisotopic (exact) mass is 353 g/mol. The fourth-order valence-corrected chi connectivity index (χ4v) is 1.72. The molecule has 0 saturated carbocycles. The van der Waals surface area contributed by atoms with Crippen LogP contribution in [0.2, 0.25) is 0 Å². The van der Waals surface area contributed by atoms with Crippen LogP contribution < -0.4 is 10.6 Å². The second-order valence-corrected chi connectivity index (χ2v) is 4.64. The van der Waals surface area contributed by atoms with E-state index in [2.05, 4.69) is 10.6 Å². The Morgan fingerprint density at radius 3 is 2.39 bits per heavy atom. The molecule has 0 aliphatic rings. The number of carbonyl (C=O) groups excluding carboxylic acids is 2. The second kappa shape index (κ2) is 9.36. The third-order valence-corrected chi connectivity index (χ3v) is 3.00. The minimum absolute atomic E-state index is 0. The summed E-state index contributed by atoms with van der Waals surface area (Å²) in [6.07, 6.45) is -4.62. The van der Waals surface area contributed by atoms with Gasteiger partial charge in [-0.1, -0.05) is 12.1 Å². The third-order valence-electron chi connectivity index (χ3n) is 3.00. The molecule has 0 aliphatic heterocycles. The maximum Gasteiger partial charge on any atom is 0.417 e. The Morgan fingerprint density at radius 2 is 1.83 bits per heavy atom. The topological polar surface area (TPSA) is 61.4 Å². The molecular weight excluding hydrogens is 335 g/mol. The minimum Gasteiger partial charge on any atom is -0.343 e. The largest absolute Gasteiger partial charge is 0.417 e. The molecule has 0 atom stereocenters. The Morgan fingerprint density at radius 1 is 1.22 bits per heavy atom. The number of halogens is 4. The molecule has 0 heterocycles. The molecule has 1 aromatic rings. The summed E-state index contributed by atoms with van der Waals surface area (Å²) in [7, 11) is 3.28. The van der Waals surface area contributed by atoms with Crippen molar-refractivity contribution < 1.29 is 22.8 Å². The quantitative estimate of drug-likeness (QED) is 0.815. The van der Waals surface area contributed by atoms with E-state index in [4.69, 9.17) is 0 Å². The highest BCUT2D eigenvalue weighted by Crippen LogP contribution is 2.31. The molecule has 2 amide bonds. The number of hydrogen-bond acceptors (Lipinski definition) is 3. The molecule has 1 rings (SSSR count). The number of likely N-dealkylation sites (N-methyl/N-ethyl adjacent to an activating group) is 2. The molecule has 0 bridgehead atoms. The van der Waals surface area contributed by atoms with Gasteiger partial charge in [0.05, 0.1) is 17.7 Å². The number of rotatable bonds is 6. The summed E-state index contributed by atoms with van der Waals surface area (Å²) in [5, 5.41) is 5.08. The predicted octanol–water partition coefficient (Wildman–Crippen LogP) is 1.53. The number of alkyl halides is 3. The summed E-state index contributed by atoms with van der Waals surface area (Å²) in [6.45, 7) is 0.655. The lowest BCUT2D eigenvalue weighted by molar-refractivity contribution is -0.137. The van der Waals surface area contributed by atoms with Crippen LogP contribution in [-0.4, -0.2) is 50.4 Å². The van der Waals surface area contributed by atoms with Crippen molar-refractivity contribution >= 4 is 24.2 Å². The van der Waals surface area contributed by atoms with E-state index in [-0.39, 0.29) is 24.9 Å². The summed E-state index contributed by atoms with van der Waals surface area (Å²) in [6, 6.07) is 4.45. The SMILES string of the molecule is CNCCN(C)C(=O)CNC(=O)c1ccccc1C(F)(F)F.Cl. The lowest BCUT2D eigenvalue weighted by Gasteiger charge is -2.17. The van der Waals surface area contributed by atoms with E-state index in [0.717, 1.165) is 12.1 Å². The number of nitrogens with one attached hydrogen (secondary N) is 2. The van der Waals surface area contributed by atoms with Crippen LogP contribution in [0, 0.1) is 0 Å². The fourth-order valence-electron chi connectivity index (χ4n) is 1.72. The lowest BCUT2D eigenvalue weighted by Crippen LogP contribution is -2.40. The van der Waals surface area contributed by atoms with Crippen LogP contribution >= 0.6 is 12.4 Å². The van der Waals surface area contributed by atoms with Gasteiger partial charge >= 0.3 is 6.18 Å². The molecule has 0 spiro atoms. The van der Waals surface area contributed by atoms with Gasteiger partial charge in [-0.15, -0.1) is 12.4 Å². The van der Waals surface area contributed by atoms with Crippen molar-refractivity contribution in [2.45, 2.75) is 6.18 Å². The third kappa shape index (κ3) is 6.45. The first kappa shape index (κ1) is 21.2. The molecule has 5 nitrogen and oxygen atoms in total. The predicted molar refractivity (Wildman–Crippen MR) is 82.6 cm³/mol. The van der Waals surface area contributed by atoms with E-state index in [1.54, 1.807) is 14.1 Å². The smallest absolute Gasteiger partial charge is 0.343 e. The molecule has 0 aliphatic carbocycles. The van der Waals surface area contributed by atoms with E-state index in [0.29, 0.717) is 13.1 Å². The van der Waals surface area contributed by atoms with Gasteiger partial charge in [0.1, 0.15) is 0 Å². The van der Waals surface area contributed by atoms with Crippen LogP contribution in [0.25, 0.3) is 0 Å². The Balaban J connectivity index is 0.00000484. The van der Waals surface area contributed by atoms with Gasteiger partial charge in [-0.3, -0.25) is 9.59 Å². The number of carbonyl (C=O) groups is 2. The highest BCUT2D eigenvalue weighted by Gasteiger charge is 2.34. The zero-order chi connectivity index (χ0) is 16.8. The zero-order valence-electron chi connectivity index (χ0n) is 12.7. The van der Waals surface area contributed by atoms with Gasteiger partial charge in [0.15, 0.2) is 0 Å². The van der Waals surface area contributed by atoms with Gasteiger partial charge in [0.25, 0.3) is 5.91 Å². The number of hydrogen-bond donors (Lipinski definition) is 2. The molecule has 0 unspecified atom stereocenters. The fraction of sp³-hybridized carbons (Fsp3) is 0.429. The molecular formula is C14H19ClF3N3O2. The van der Waals surface area contributed by atoms with Crippen LogP contribution in [-0.2, 0) is 11.0 Å². The van der Waals surface area contributed by atoms with Crippen LogP contribution in [0.5, 0.6) is 0 Å². The first-order chi connectivity index (χ1) is 10.3. The molecule has 0 radical (unpaired) electrons. The minimum atomic E-state index is -4.62. The van der Waals surface area contributed by atoms with E-state index < -0.39 is 23.2 Å². The molecule has 9 heteroatoms. The Bertz CT molecular complexity index is 538. The zero-order valence-corrected chi connectivity index (χ0v) is 13.6. The Kier molecular flexibility index (Phi) is 8.63. The van der Waals surface area contributed by atoms with Crippen molar-refractivity contribution in [1.82, 2.24) is 15.5 Å². The van der Waals surface area contributed by atoms with Crippen molar-refractivity contribution in [3.05, 3.63) is 35.4 Å². The van der Waals surface area contributed by atoms with Gasteiger partial charge < -0.3 is 15.5 Å². The van der Waals surface area contributed by atoms with Crippen molar-refractivity contribution in [3.63, 3.8) is 0 Å². The maximum atomic E-state index is 12.8.